The highest BCUT2D eigenvalue weighted by Gasteiger charge is 2.36. The highest BCUT2D eigenvalue weighted by molar-refractivity contribution is 8.18. The van der Waals surface area contributed by atoms with E-state index in [-0.39, 0.29) is 24.0 Å². The number of carbonyl (C=O) groups is 4. The third-order valence-electron chi connectivity index (χ3n) is 5.30. The molecule has 0 unspecified atom stereocenters. The number of carbonyl (C=O) groups excluding carboxylic acids is 4. The largest absolute Gasteiger partial charge is 0.490 e. The molecule has 2 fully saturated rings. The second-order valence-corrected chi connectivity index (χ2v) is 8.85. The van der Waals surface area contributed by atoms with E-state index in [2.05, 4.69) is 0 Å². The Bertz CT molecular complexity index is 957. The van der Waals surface area contributed by atoms with Crippen LogP contribution in [0.3, 0.4) is 0 Å². The first-order valence-corrected chi connectivity index (χ1v) is 12.3. The van der Waals surface area contributed by atoms with Crippen molar-refractivity contribution in [3.05, 3.63) is 28.7 Å². The van der Waals surface area contributed by atoms with Crippen LogP contribution in [0.25, 0.3) is 6.08 Å². The van der Waals surface area contributed by atoms with Crippen LogP contribution in [-0.2, 0) is 19.1 Å². The summed E-state index contributed by atoms with van der Waals surface area (Å²) in [4.78, 5) is 52.0. The van der Waals surface area contributed by atoms with Crippen LogP contribution in [0.5, 0.6) is 11.5 Å². The zero-order valence-corrected chi connectivity index (χ0v) is 20.4. The second-order valence-electron chi connectivity index (χ2n) is 7.86. The van der Waals surface area contributed by atoms with Gasteiger partial charge in [-0.1, -0.05) is 19.4 Å². The molecule has 0 saturated carbocycles. The van der Waals surface area contributed by atoms with Crippen molar-refractivity contribution in [2.24, 2.45) is 0 Å². The molecule has 0 spiro atoms. The maximum atomic E-state index is 12.7. The summed E-state index contributed by atoms with van der Waals surface area (Å²) in [6.45, 7) is 5.47. The van der Waals surface area contributed by atoms with Gasteiger partial charge in [0.25, 0.3) is 17.1 Å². The number of thioether (sulfide) groups is 1. The molecule has 10 heteroatoms. The van der Waals surface area contributed by atoms with Crippen molar-refractivity contribution < 1.29 is 33.4 Å². The van der Waals surface area contributed by atoms with Gasteiger partial charge in [-0.3, -0.25) is 24.1 Å². The average Bonchev–Trinajstić information content (AvgIpc) is 3.44. The number of imide groups is 1. The first kappa shape index (κ1) is 25.6. The normalized spacial score (nSPS) is 16.9. The second kappa shape index (κ2) is 12.5. The summed E-state index contributed by atoms with van der Waals surface area (Å²) >= 11 is 0.767. The number of esters is 1. The molecule has 3 amide bonds. The minimum absolute atomic E-state index is 0.0640. The van der Waals surface area contributed by atoms with Crippen LogP contribution in [0.1, 0.15) is 45.1 Å². The molecule has 0 atom stereocenters. The van der Waals surface area contributed by atoms with Gasteiger partial charge in [0.1, 0.15) is 6.54 Å². The summed E-state index contributed by atoms with van der Waals surface area (Å²) in [5, 5.41) is -0.519. The molecule has 1 aromatic carbocycles. The molecule has 2 saturated heterocycles. The number of amides is 3. The molecule has 0 bridgehead atoms. The number of hydrogen-bond donors (Lipinski definition) is 0. The van der Waals surface area contributed by atoms with E-state index < -0.39 is 23.7 Å². The van der Waals surface area contributed by atoms with Crippen molar-refractivity contribution in [2.75, 3.05) is 39.5 Å². The Balaban J connectivity index is 1.66. The minimum atomic E-state index is -0.611. The van der Waals surface area contributed by atoms with Gasteiger partial charge >= 0.3 is 5.97 Å². The molecular formula is C24H30N2O7S. The highest BCUT2D eigenvalue weighted by Crippen LogP contribution is 2.34. The fourth-order valence-corrected chi connectivity index (χ4v) is 4.33. The van der Waals surface area contributed by atoms with Gasteiger partial charge in [-0.15, -0.1) is 0 Å². The Morgan fingerprint density at radius 1 is 1.09 bits per heavy atom. The van der Waals surface area contributed by atoms with E-state index in [1.807, 2.05) is 13.8 Å². The third kappa shape index (κ3) is 6.75. The average molecular weight is 491 g/mol. The Hall–Kier alpha value is -3.01. The monoisotopic (exact) mass is 490 g/mol. The van der Waals surface area contributed by atoms with E-state index in [0.717, 1.165) is 55.4 Å². The van der Waals surface area contributed by atoms with Crippen molar-refractivity contribution in [2.45, 2.75) is 39.5 Å². The van der Waals surface area contributed by atoms with Gasteiger partial charge in [-0.05, 0) is 61.7 Å². The number of rotatable bonds is 11. The molecule has 2 aliphatic heterocycles. The molecule has 9 nitrogen and oxygen atoms in total. The van der Waals surface area contributed by atoms with E-state index >= 15 is 0 Å². The fraction of sp³-hybridized carbons (Fsp3) is 0.500. The number of nitrogens with zero attached hydrogens (tertiary/aromatic N) is 2. The zero-order chi connectivity index (χ0) is 24.5. The molecule has 1 aromatic rings. The lowest BCUT2D eigenvalue weighted by Crippen LogP contribution is -2.34. The number of hydrogen-bond acceptors (Lipinski definition) is 8. The van der Waals surface area contributed by atoms with E-state index in [4.69, 9.17) is 14.2 Å². The summed E-state index contributed by atoms with van der Waals surface area (Å²) in [7, 11) is 0. The zero-order valence-electron chi connectivity index (χ0n) is 19.5. The molecule has 2 heterocycles. The minimum Gasteiger partial charge on any atom is -0.490 e. The van der Waals surface area contributed by atoms with Crippen LogP contribution in [-0.4, -0.2) is 72.3 Å². The lowest BCUT2D eigenvalue weighted by molar-refractivity contribution is -0.146. The van der Waals surface area contributed by atoms with E-state index in [0.29, 0.717) is 23.7 Å². The first-order valence-electron chi connectivity index (χ1n) is 11.5. The maximum absolute atomic E-state index is 12.7. The van der Waals surface area contributed by atoms with Crippen molar-refractivity contribution >= 4 is 40.9 Å². The Morgan fingerprint density at radius 3 is 2.56 bits per heavy atom. The number of ether oxygens (including phenoxy) is 3. The molecule has 34 heavy (non-hydrogen) atoms. The molecule has 0 radical (unpaired) electrons. The van der Waals surface area contributed by atoms with E-state index in [9.17, 15) is 19.2 Å². The molecule has 184 valence electrons. The van der Waals surface area contributed by atoms with Crippen LogP contribution >= 0.6 is 11.8 Å². The number of unbranched alkanes of at least 4 members (excludes halogenated alkanes) is 1. The summed E-state index contributed by atoms with van der Waals surface area (Å²) < 4.78 is 16.4. The fourth-order valence-electron chi connectivity index (χ4n) is 3.49. The predicted octanol–water partition coefficient (Wildman–Crippen LogP) is 3.47. The lowest BCUT2D eigenvalue weighted by atomic mass is 10.2. The van der Waals surface area contributed by atoms with Crippen molar-refractivity contribution in [1.29, 1.82) is 0 Å². The van der Waals surface area contributed by atoms with Gasteiger partial charge < -0.3 is 19.1 Å². The van der Waals surface area contributed by atoms with Crippen molar-refractivity contribution in [1.82, 2.24) is 9.80 Å². The van der Waals surface area contributed by atoms with Crippen LogP contribution in [0, 0.1) is 0 Å². The summed E-state index contributed by atoms with van der Waals surface area (Å²) in [5.41, 5.74) is 0.623. The van der Waals surface area contributed by atoms with Crippen LogP contribution < -0.4 is 9.47 Å². The molecule has 0 aromatic heterocycles. The quantitative estimate of drug-likeness (QED) is 0.264. The third-order valence-corrected chi connectivity index (χ3v) is 6.20. The van der Waals surface area contributed by atoms with Gasteiger partial charge in [0.05, 0.1) is 18.1 Å². The van der Waals surface area contributed by atoms with Gasteiger partial charge in [0.15, 0.2) is 18.1 Å². The van der Waals surface area contributed by atoms with Gasteiger partial charge in [0.2, 0.25) is 0 Å². The van der Waals surface area contributed by atoms with Crippen LogP contribution in [0.2, 0.25) is 0 Å². The van der Waals surface area contributed by atoms with Crippen molar-refractivity contribution in [3.63, 3.8) is 0 Å². The highest BCUT2D eigenvalue weighted by atomic mass is 32.2. The molecular weight excluding hydrogens is 460 g/mol. The lowest BCUT2D eigenvalue weighted by Gasteiger charge is -2.17. The Morgan fingerprint density at radius 2 is 1.85 bits per heavy atom. The Kier molecular flexibility index (Phi) is 9.38. The van der Waals surface area contributed by atoms with Gasteiger partial charge in [-0.2, -0.15) is 0 Å². The van der Waals surface area contributed by atoms with Crippen LogP contribution in [0.4, 0.5) is 4.79 Å². The molecule has 0 aliphatic carbocycles. The van der Waals surface area contributed by atoms with Gasteiger partial charge in [-0.25, -0.2) is 0 Å². The van der Waals surface area contributed by atoms with Gasteiger partial charge in [0, 0.05) is 13.1 Å². The SMILES string of the molecule is CCCCOC(=O)CN1C(=O)S/C(=C\c2ccc(OCC(=O)N3CCCC3)c(OCC)c2)C1=O. The molecule has 0 N–H and O–H groups in total. The Labute approximate surface area is 203 Å². The topological polar surface area (TPSA) is 102 Å². The van der Waals surface area contributed by atoms with E-state index in [1.165, 1.54) is 0 Å². The number of benzene rings is 1. The number of likely N-dealkylation sites (tertiary alicyclic amines) is 1. The smallest absolute Gasteiger partial charge is 0.326 e. The first-order chi connectivity index (χ1) is 16.4. The maximum Gasteiger partial charge on any atom is 0.326 e. The van der Waals surface area contributed by atoms with Crippen LogP contribution in [0.15, 0.2) is 23.1 Å². The predicted molar refractivity (Wildman–Crippen MR) is 127 cm³/mol. The standard InChI is InChI=1S/C24H30N2O7S/c1-3-5-12-32-22(28)15-26-23(29)20(34-24(26)30)14-17-8-9-18(19(13-17)31-4-2)33-16-21(27)25-10-6-7-11-25/h8-9,13-14H,3-7,10-12,15-16H2,1-2H3/b20-14-. The molecule has 2 aliphatic rings. The summed E-state index contributed by atoms with van der Waals surface area (Å²) in [5.74, 6) is -0.359. The van der Waals surface area contributed by atoms with E-state index in [1.54, 1.807) is 29.2 Å². The molecule has 3 rings (SSSR count). The summed E-state index contributed by atoms with van der Waals surface area (Å²) in [6.07, 6.45) is 5.18. The summed E-state index contributed by atoms with van der Waals surface area (Å²) in [6, 6.07) is 5.07. The van der Waals surface area contributed by atoms with Crippen molar-refractivity contribution in [3.8, 4) is 11.5 Å².